The van der Waals surface area contributed by atoms with Gasteiger partial charge in [-0.1, -0.05) is 13.3 Å². The normalized spacial score (nSPS) is 27.1. The van der Waals surface area contributed by atoms with Crippen molar-refractivity contribution in [2.45, 2.75) is 38.3 Å². The van der Waals surface area contributed by atoms with Crippen LogP contribution < -0.4 is 10.5 Å². The number of nitrogens with zero attached hydrogens (tertiary/aromatic N) is 2. The van der Waals surface area contributed by atoms with Crippen LogP contribution in [0, 0.1) is 11.8 Å². The molecule has 152 valence electrons. The number of methoxy groups -OCH3 is 1. The maximum Gasteiger partial charge on any atom is 0.119 e. The van der Waals surface area contributed by atoms with E-state index >= 15 is 0 Å². The van der Waals surface area contributed by atoms with E-state index in [2.05, 4.69) is 28.9 Å². The van der Waals surface area contributed by atoms with Gasteiger partial charge in [-0.2, -0.15) is 0 Å². The first kappa shape index (κ1) is 24.3. The van der Waals surface area contributed by atoms with Gasteiger partial charge < -0.3 is 10.5 Å². The molecular formula is C20H30Cl3N3O. The van der Waals surface area contributed by atoms with Gasteiger partial charge >= 0.3 is 0 Å². The molecule has 5 rings (SSSR count). The van der Waals surface area contributed by atoms with Gasteiger partial charge in [-0.25, -0.2) is 0 Å². The second-order valence-electron chi connectivity index (χ2n) is 7.32. The third kappa shape index (κ3) is 4.46. The van der Waals surface area contributed by atoms with Gasteiger partial charge in [0.05, 0.1) is 12.6 Å². The SMILES string of the molecule is CCC1C[N@@]2CCC1CC2C(N)c1ccnc2ccc(OC)cc12.Cl.Cl.Cl. The van der Waals surface area contributed by atoms with Crippen molar-refractivity contribution in [3.8, 4) is 5.75 Å². The van der Waals surface area contributed by atoms with Gasteiger partial charge in [0.25, 0.3) is 0 Å². The molecule has 4 heterocycles. The number of rotatable bonds is 4. The molecule has 3 aliphatic heterocycles. The molecule has 2 aromatic rings. The zero-order valence-electron chi connectivity index (χ0n) is 15.8. The highest BCUT2D eigenvalue weighted by atomic mass is 35.5. The number of benzene rings is 1. The summed E-state index contributed by atoms with van der Waals surface area (Å²) in [6, 6.07) is 8.62. The Hall–Kier alpha value is -0.780. The van der Waals surface area contributed by atoms with Crippen molar-refractivity contribution in [2.75, 3.05) is 20.2 Å². The van der Waals surface area contributed by atoms with Crippen molar-refractivity contribution in [2.24, 2.45) is 17.6 Å². The zero-order chi connectivity index (χ0) is 16.7. The average molecular weight is 435 g/mol. The lowest BCUT2D eigenvalue weighted by molar-refractivity contribution is -0.0105. The second-order valence-corrected chi connectivity index (χ2v) is 7.32. The molecule has 0 spiro atoms. The lowest BCUT2D eigenvalue weighted by Crippen LogP contribution is -2.56. The van der Waals surface area contributed by atoms with Gasteiger partial charge in [0.15, 0.2) is 0 Å². The lowest BCUT2D eigenvalue weighted by Gasteiger charge is -2.51. The molecular weight excluding hydrogens is 405 g/mol. The van der Waals surface area contributed by atoms with Crippen molar-refractivity contribution in [1.29, 1.82) is 0 Å². The van der Waals surface area contributed by atoms with Crippen LogP contribution in [0.1, 0.15) is 37.8 Å². The van der Waals surface area contributed by atoms with E-state index in [0.29, 0.717) is 6.04 Å². The summed E-state index contributed by atoms with van der Waals surface area (Å²) in [5.74, 6) is 2.57. The predicted molar refractivity (Wildman–Crippen MR) is 119 cm³/mol. The van der Waals surface area contributed by atoms with Crippen molar-refractivity contribution >= 4 is 48.1 Å². The summed E-state index contributed by atoms with van der Waals surface area (Å²) in [4.78, 5) is 7.12. The maximum atomic E-state index is 6.79. The smallest absolute Gasteiger partial charge is 0.119 e. The number of aromatic nitrogens is 1. The Kier molecular flexibility index (Phi) is 9.10. The summed E-state index contributed by atoms with van der Waals surface area (Å²) < 4.78 is 5.40. The Balaban J connectivity index is 0.00000121. The van der Waals surface area contributed by atoms with Crippen molar-refractivity contribution < 1.29 is 4.74 Å². The summed E-state index contributed by atoms with van der Waals surface area (Å²) >= 11 is 0. The zero-order valence-corrected chi connectivity index (χ0v) is 18.3. The van der Waals surface area contributed by atoms with Gasteiger partial charge in [-0.15, -0.1) is 37.2 Å². The Morgan fingerprint density at radius 2 is 2.04 bits per heavy atom. The minimum atomic E-state index is 0. The molecule has 2 N–H and O–H groups in total. The highest BCUT2D eigenvalue weighted by Gasteiger charge is 2.41. The molecule has 27 heavy (non-hydrogen) atoms. The van der Waals surface area contributed by atoms with Gasteiger partial charge in [0.2, 0.25) is 0 Å². The largest absolute Gasteiger partial charge is 0.497 e. The molecule has 0 aliphatic carbocycles. The lowest BCUT2D eigenvalue weighted by atomic mass is 9.72. The monoisotopic (exact) mass is 433 g/mol. The number of hydrogen-bond acceptors (Lipinski definition) is 4. The van der Waals surface area contributed by atoms with E-state index in [1.165, 1.54) is 37.9 Å². The molecule has 3 saturated heterocycles. The van der Waals surface area contributed by atoms with Crippen LogP contribution in [0.4, 0.5) is 0 Å². The van der Waals surface area contributed by atoms with Crippen LogP contribution in [0.25, 0.3) is 10.9 Å². The predicted octanol–water partition coefficient (Wildman–Crippen LogP) is 4.63. The molecule has 0 saturated carbocycles. The van der Waals surface area contributed by atoms with E-state index in [-0.39, 0.29) is 43.3 Å². The number of nitrogens with two attached hydrogens (primary N) is 1. The highest BCUT2D eigenvalue weighted by molar-refractivity contribution is 5.86. The van der Waals surface area contributed by atoms with Crippen LogP contribution in [-0.2, 0) is 0 Å². The van der Waals surface area contributed by atoms with Crippen LogP contribution in [0.2, 0.25) is 0 Å². The van der Waals surface area contributed by atoms with E-state index in [9.17, 15) is 0 Å². The quantitative estimate of drug-likeness (QED) is 0.762. The van der Waals surface area contributed by atoms with E-state index in [1.807, 2.05) is 18.3 Å². The van der Waals surface area contributed by atoms with Crippen LogP contribution >= 0.6 is 37.2 Å². The van der Waals surface area contributed by atoms with Crippen molar-refractivity contribution in [3.63, 3.8) is 0 Å². The molecule has 3 aliphatic rings. The van der Waals surface area contributed by atoms with E-state index in [4.69, 9.17) is 10.5 Å². The first-order valence-corrected chi connectivity index (χ1v) is 9.13. The first-order valence-electron chi connectivity index (χ1n) is 9.13. The molecule has 4 unspecified atom stereocenters. The van der Waals surface area contributed by atoms with Gasteiger partial charge in [-0.05, 0) is 61.1 Å². The number of pyridine rings is 1. The van der Waals surface area contributed by atoms with Crippen LogP contribution in [-0.4, -0.2) is 36.1 Å². The van der Waals surface area contributed by atoms with Crippen molar-refractivity contribution in [3.05, 3.63) is 36.0 Å². The van der Waals surface area contributed by atoms with Gasteiger partial charge in [0, 0.05) is 30.2 Å². The number of fused-ring (bicyclic) bond motifs is 4. The van der Waals surface area contributed by atoms with Gasteiger partial charge in [-0.3, -0.25) is 9.88 Å². The summed E-state index contributed by atoms with van der Waals surface area (Å²) in [6.07, 6.45) is 5.74. The Labute approximate surface area is 180 Å². The fraction of sp³-hybridized carbons (Fsp3) is 0.550. The fourth-order valence-electron chi connectivity index (χ4n) is 4.79. The standard InChI is InChI=1S/C20H27N3O.3ClH/c1-3-13-12-23-9-7-14(13)10-19(23)20(21)16-6-8-22-18-5-4-15(24-2)11-17(16)18;;;/h4-6,8,11,13-14,19-20H,3,7,9-10,12,21H2,1-2H3;3*1H. The molecule has 1 aromatic heterocycles. The van der Waals surface area contributed by atoms with Crippen molar-refractivity contribution in [1.82, 2.24) is 9.88 Å². The summed E-state index contributed by atoms with van der Waals surface area (Å²) in [5, 5.41) is 1.12. The summed E-state index contributed by atoms with van der Waals surface area (Å²) in [5.41, 5.74) is 8.98. The molecule has 2 bridgehead atoms. The molecule has 7 heteroatoms. The molecule has 4 nitrogen and oxygen atoms in total. The van der Waals surface area contributed by atoms with Crippen LogP contribution in [0.15, 0.2) is 30.5 Å². The highest BCUT2D eigenvalue weighted by Crippen LogP contribution is 2.42. The number of piperidine rings is 3. The molecule has 5 atom stereocenters. The molecule has 1 aromatic carbocycles. The topological polar surface area (TPSA) is 51.4 Å². The number of hydrogen-bond donors (Lipinski definition) is 1. The summed E-state index contributed by atoms with van der Waals surface area (Å²) in [6.45, 7) is 4.74. The molecule has 3 fully saturated rings. The second kappa shape index (κ2) is 10.1. The Morgan fingerprint density at radius 1 is 1.26 bits per heavy atom. The van der Waals surface area contributed by atoms with Crippen LogP contribution in [0.3, 0.4) is 0 Å². The number of ether oxygens (including phenoxy) is 1. The maximum absolute atomic E-state index is 6.79. The molecule has 0 radical (unpaired) electrons. The minimum Gasteiger partial charge on any atom is -0.497 e. The Bertz CT molecular complexity index is 745. The first-order chi connectivity index (χ1) is 11.7. The van der Waals surface area contributed by atoms with Gasteiger partial charge in [0.1, 0.15) is 5.75 Å². The fourth-order valence-corrected chi connectivity index (χ4v) is 4.79. The summed E-state index contributed by atoms with van der Waals surface area (Å²) in [7, 11) is 1.70. The Morgan fingerprint density at radius 3 is 2.67 bits per heavy atom. The van der Waals surface area contributed by atoms with E-state index < -0.39 is 0 Å². The average Bonchev–Trinajstić information content (AvgIpc) is 2.66. The minimum absolute atomic E-state index is 0. The number of halogens is 3. The third-order valence-corrected chi connectivity index (χ3v) is 6.22. The van der Waals surface area contributed by atoms with Crippen LogP contribution in [0.5, 0.6) is 5.75 Å². The molecule has 0 amide bonds. The van der Waals surface area contributed by atoms with E-state index in [1.54, 1.807) is 7.11 Å². The third-order valence-electron chi connectivity index (χ3n) is 6.22. The van der Waals surface area contributed by atoms with E-state index in [0.717, 1.165) is 28.5 Å².